The molecule has 0 spiro atoms. The van der Waals surface area contributed by atoms with E-state index in [9.17, 15) is 4.79 Å². The molecule has 20 heavy (non-hydrogen) atoms. The normalized spacial score (nSPS) is 12.9. The highest BCUT2D eigenvalue weighted by atomic mass is 79.9. The Balaban J connectivity index is 2.21. The van der Waals surface area contributed by atoms with Crippen molar-refractivity contribution in [2.45, 2.75) is 12.8 Å². The maximum absolute atomic E-state index is 12.3. The van der Waals surface area contributed by atoms with E-state index in [0.29, 0.717) is 6.61 Å². The number of halogens is 2. The molecule has 0 aromatic heterocycles. The SMILES string of the molecule is CCOC(=O)C1c2cc(Br)ccc2-c2ccc(Br)cc21. The van der Waals surface area contributed by atoms with Gasteiger partial charge >= 0.3 is 5.97 Å². The fourth-order valence-corrected chi connectivity index (χ4v) is 3.44. The first-order valence-corrected chi connectivity index (χ1v) is 7.96. The number of fused-ring (bicyclic) bond motifs is 3. The minimum absolute atomic E-state index is 0.191. The molecule has 2 aromatic rings. The van der Waals surface area contributed by atoms with Crippen LogP contribution in [0.3, 0.4) is 0 Å². The van der Waals surface area contributed by atoms with Crippen molar-refractivity contribution in [3.05, 3.63) is 56.5 Å². The quantitative estimate of drug-likeness (QED) is 0.677. The molecule has 0 heterocycles. The van der Waals surface area contributed by atoms with Crippen LogP contribution in [-0.2, 0) is 9.53 Å². The van der Waals surface area contributed by atoms with E-state index in [2.05, 4.69) is 31.9 Å². The Morgan fingerprint density at radius 2 is 1.55 bits per heavy atom. The fraction of sp³-hybridized carbons (Fsp3) is 0.188. The van der Waals surface area contributed by atoms with Gasteiger partial charge < -0.3 is 4.74 Å². The average molecular weight is 396 g/mol. The number of carbonyl (C=O) groups excluding carboxylic acids is 1. The number of ether oxygens (including phenoxy) is 1. The van der Waals surface area contributed by atoms with Gasteiger partial charge in [-0.1, -0.05) is 44.0 Å². The minimum Gasteiger partial charge on any atom is -0.465 e. The van der Waals surface area contributed by atoms with Crippen LogP contribution < -0.4 is 0 Å². The van der Waals surface area contributed by atoms with Crippen molar-refractivity contribution in [3.63, 3.8) is 0 Å². The molecular weight excluding hydrogens is 384 g/mol. The van der Waals surface area contributed by atoms with Crippen molar-refractivity contribution in [2.75, 3.05) is 6.61 Å². The van der Waals surface area contributed by atoms with Crippen LogP contribution in [-0.4, -0.2) is 12.6 Å². The maximum Gasteiger partial charge on any atom is 0.317 e. The van der Waals surface area contributed by atoms with Gasteiger partial charge in [0, 0.05) is 8.95 Å². The third kappa shape index (κ3) is 2.21. The van der Waals surface area contributed by atoms with Crippen molar-refractivity contribution in [1.82, 2.24) is 0 Å². The van der Waals surface area contributed by atoms with E-state index >= 15 is 0 Å². The first-order chi connectivity index (χ1) is 9.61. The second-order valence-electron chi connectivity index (χ2n) is 4.65. The Labute approximate surface area is 134 Å². The summed E-state index contributed by atoms with van der Waals surface area (Å²) in [5.74, 6) is -0.529. The highest BCUT2D eigenvalue weighted by Crippen LogP contribution is 2.47. The van der Waals surface area contributed by atoms with Gasteiger partial charge in [-0.15, -0.1) is 0 Å². The summed E-state index contributed by atoms with van der Waals surface area (Å²) in [6, 6.07) is 12.1. The van der Waals surface area contributed by atoms with Gasteiger partial charge in [0.15, 0.2) is 0 Å². The third-order valence-electron chi connectivity index (χ3n) is 3.46. The van der Waals surface area contributed by atoms with Gasteiger partial charge in [-0.25, -0.2) is 0 Å². The molecule has 1 aliphatic carbocycles. The van der Waals surface area contributed by atoms with E-state index in [-0.39, 0.29) is 11.9 Å². The zero-order valence-electron chi connectivity index (χ0n) is 10.8. The monoisotopic (exact) mass is 394 g/mol. The molecule has 0 saturated heterocycles. The number of esters is 1. The van der Waals surface area contributed by atoms with E-state index < -0.39 is 0 Å². The fourth-order valence-electron chi connectivity index (χ4n) is 2.68. The number of hydrogen-bond acceptors (Lipinski definition) is 2. The van der Waals surface area contributed by atoms with Crippen LogP contribution in [0.4, 0.5) is 0 Å². The Hall–Kier alpha value is -1.13. The molecule has 102 valence electrons. The van der Waals surface area contributed by atoms with Gasteiger partial charge in [0.25, 0.3) is 0 Å². The second kappa shape index (κ2) is 5.34. The topological polar surface area (TPSA) is 26.3 Å². The molecule has 0 saturated carbocycles. The average Bonchev–Trinajstić information content (AvgIpc) is 2.71. The molecule has 0 bridgehead atoms. The molecule has 0 unspecified atom stereocenters. The minimum atomic E-state index is -0.338. The molecule has 4 heteroatoms. The van der Waals surface area contributed by atoms with Gasteiger partial charge in [-0.3, -0.25) is 4.79 Å². The van der Waals surface area contributed by atoms with Gasteiger partial charge in [0.2, 0.25) is 0 Å². The number of rotatable bonds is 2. The molecule has 0 atom stereocenters. The molecule has 3 rings (SSSR count). The van der Waals surface area contributed by atoms with E-state index in [4.69, 9.17) is 4.74 Å². The lowest BCUT2D eigenvalue weighted by Gasteiger charge is -2.12. The second-order valence-corrected chi connectivity index (χ2v) is 6.48. The molecule has 0 N–H and O–H groups in total. The van der Waals surface area contributed by atoms with Crippen LogP contribution in [0.15, 0.2) is 45.3 Å². The summed E-state index contributed by atoms with van der Waals surface area (Å²) >= 11 is 6.96. The largest absolute Gasteiger partial charge is 0.465 e. The summed E-state index contributed by atoms with van der Waals surface area (Å²) in [6.45, 7) is 2.22. The van der Waals surface area contributed by atoms with Crippen molar-refractivity contribution in [3.8, 4) is 11.1 Å². The van der Waals surface area contributed by atoms with Crippen molar-refractivity contribution >= 4 is 37.8 Å². The molecule has 0 aliphatic heterocycles. The molecular formula is C16H12Br2O2. The lowest BCUT2D eigenvalue weighted by Crippen LogP contribution is -2.15. The number of carbonyl (C=O) groups is 1. The summed E-state index contributed by atoms with van der Waals surface area (Å²) in [7, 11) is 0. The number of hydrogen-bond donors (Lipinski definition) is 0. The van der Waals surface area contributed by atoms with Crippen LogP contribution in [0.1, 0.15) is 24.0 Å². The lowest BCUT2D eigenvalue weighted by molar-refractivity contribution is -0.143. The van der Waals surface area contributed by atoms with Crippen LogP contribution in [0.5, 0.6) is 0 Å². The van der Waals surface area contributed by atoms with Gasteiger partial charge in [-0.05, 0) is 53.4 Å². The van der Waals surface area contributed by atoms with E-state index in [0.717, 1.165) is 31.2 Å². The molecule has 2 nitrogen and oxygen atoms in total. The summed E-state index contributed by atoms with van der Waals surface area (Å²) in [6.07, 6.45) is 0. The van der Waals surface area contributed by atoms with Crippen molar-refractivity contribution < 1.29 is 9.53 Å². The Bertz CT molecular complexity index is 643. The highest BCUT2D eigenvalue weighted by molar-refractivity contribution is 9.10. The first-order valence-electron chi connectivity index (χ1n) is 6.37. The predicted molar refractivity (Wildman–Crippen MR) is 85.8 cm³/mol. The van der Waals surface area contributed by atoms with E-state index in [1.807, 2.05) is 43.3 Å². The molecule has 2 aromatic carbocycles. The summed E-state index contributed by atoms with van der Waals surface area (Å²) < 4.78 is 7.19. The Kier molecular flexibility index (Phi) is 3.69. The van der Waals surface area contributed by atoms with E-state index in [1.54, 1.807) is 0 Å². The number of benzene rings is 2. The third-order valence-corrected chi connectivity index (χ3v) is 4.45. The highest BCUT2D eigenvalue weighted by Gasteiger charge is 2.35. The van der Waals surface area contributed by atoms with Crippen LogP contribution in [0.25, 0.3) is 11.1 Å². The summed E-state index contributed by atoms with van der Waals surface area (Å²) in [5, 5.41) is 0. The Morgan fingerprint density at radius 1 is 1.05 bits per heavy atom. The predicted octanol–water partition coefficient (Wildman–Crippen LogP) is 4.89. The van der Waals surface area contributed by atoms with Crippen LogP contribution >= 0.6 is 31.9 Å². The molecule has 0 amide bonds. The zero-order valence-corrected chi connectivity index (χ0v) is 14.0. The van der Waals surface area contributed by atoms with Gasteiger partial charge in [0.1, 0.15) is 5.92 Å². The molecule has 0 radical (unpaired) electrons. The molecule has 1 aliphatic rings. The van der Waals surface area contributed by atoms with Gasteiger partial charge in [-0.2, -0.15) is 0 Å². The van der Waals surface area contributed by atoms with Crippen molar-refractivity contribution in [2.24, 2.45) is 0 Å². The van der Waals surface area contributed by atoms with Crippen LogP contribution in [0.2, 0.25) is 0 Å². The standard InChI is InChI=1S/C16H12Br2O2/c1-2-20-16(19)15-13-7-9(17)3-5-11(13)12-6-4-10(18)8-14(12)15/h3-8,15H,2H2,1H3. The lowest BCUT2D eigenvalue weighted by atomic mass is 9.97. The maximum atomic E-state index is 12.3. The first kappa shape index (κ1) is 13.8. The summed E-state index contributed by atoms with van der Waals surface area (Å²) in [5.41, 5.74) is 4.22. The zero-order chi connectivity index (χ0) is 14.3. The van der Waals surface area contributed by atoms with Crippen molar-refractivity contribution in [1.29, 1.82) is 0 Å². The van der Waals surface area contributed by atoms with Gasteiger partial charge in [0.05, 0.1) is 6.61 Å². The van der Waals surface area contributed by atoms with Crippen LogP contribution in [0, 0.1) is 0 Å². The Morgan fingerprint density at radius 3 is 2.00 bits per heavy atom. The smallest absolute Gasteiger partial charge is 0.317 e. The van der Waals surface area contributed by atoms with E-state index in [1.165, 1.54) is 0 Å². The summed E-state index contributed by atoms with van der Waals surface area (Å²) in [4.78, 5) is 12.3. The molecule has 0 fully saturated rings.